The molecular weight excluding hydrogens is 432 g/mol. The molecule has 1 aromatic carbocycles. The minimum absolute atomic E-state index is 0.105. The number of methoxy groups -OCH3 is 1. The summed E-state index contributed by atoms with van der Waals surface area (Å²) in [5.41, 5.74) is 0.352. The number of nitrogens with zero attached hydrogens (tertiary/aromatic N) is 2. The van der Waals surface area contributed by atoms with Gasteiger partial charge in [0.25, 0.3) is 0 Å². The number of benzene rings is 1. The van der Waals surface area contributed by atoms with Gasteiger partial charge in [-0.05, 0) is 66.2 Å². The zero-order chi connectivity index (χ0) is 24.3. The zero-order valence-electron chi connectivity index (χ0n) is 19.8. The van der Waals surface area contributed by atoms with E-state index in [9.17, 15) is 14.4 Å². The summed E-state index contributed by atoms with van der Waals surface area (Å²) in [5.74, 6) is -0.435. The maximum atomic E-state index is 12.7. The minimum Gasteiger partial charge on any atom is -0.465 e. The van der Waals surface area contributed by atoms with Gasteiger partial charge >= 0.3 is 18.2 Å². The molecule has 0 atom stereocenters. The molecule has 0 aliphatic carbocycles. The lowest BCUT2D eigenvalue weighted by molar-refractivity contribution is -0.000298. The fourth-order valence-corrected chi connectivity index (χ4v) is 3.72. The Labute approximate surface area is 192 Å². The number of thiazole rings is 1. The molecule has 0 aliphatic rings. The Hall–Kier alpha value is -2.94. The van der Waals surface area contributed by atoms with Crippen molar-refractivity contribution in [2.75, 3.05) is 7.11 Å². The lowest BCUT2D eigenvalue weighted by Crippen LogP contribution is -2.43. The van der Waals surface area contributed by atoms with Gasteiger partial charge in [-0.2, -0.15) is 0 Å². The van der Waals surface area contributed by atoms with E-state index < -0.39 is 29.4 Å². The minimum atomic E-state index is -0.811. The standard InChI is InChI=1S/C23H30N2O6S/c1-14-18(15-10-9-11-16(12-15)19(26)29-8)32-17(24-14)13-25(20(27)30-22(2,3)4)21(28)31-23(5,6)7/h9-12H,13H2,1-8H3. The Balaban J connectivity index is 2.35. The molecule has 8 nitrogen and oxygen atoms in total. The molecule has 0 aliphatic heterocycles. The smallest absolute Gasteiger partial charge is 0.420 e. The van der Waals surface area contributed by atoms with Crippen LogP contribution in [0.2, 0.25) is 0 Å². The van der Waals surface area contributed by atoms with E-state index in [-0.39, 0.29) is 6.54 Å². The Morgan fingerprint density at radius 3 is 2.06 bits per heavy atom. The monoisotopic (exact) mass is 462 g/mol. The van der Waals surface area contributed by atoms with E-state index in [0.717, 1.165) is 15.3 Å². The molecule has 1 heterocycles. The number of imide groups is 1. The van der Waals surface area contributed by atoms with Crippen molar-refractivity contribution in [3.05, 3.63) is 40.5 Å². The maximum absolute atomic E-state index is 12.7. The van der Waals surface area contributed by atoms with Gasteiger partial charge in [0.15, 0.2) is 0 Å². The number of rotatable bonds is 4. The van der Waals surface area contributed by atoms with Crippen molar-refractivity contribution >= 4 is 29.5 Å². The lowest BCUT2D eigenvalue weighted by atomic mass is 10.1. The molecule has 32 heavy (non-hydrogen) atoms. The first-order valence-corrected chi connectivity index (χ1v) is 10.9. The lowest BCUT2D eigenvalue weighted by Gasteiger charge is -2.28. The van der Waals surface area contributed by atoms with E-state index in [2.05, 4.69) is 4.98 Å². The Kier molecular flexibility index (Phi) is 7.66. The average Bonchev–Trinajstić information content (AvgIpc) is 3.03. The number of ether oxygens (including phenoxy) is 3. The second-order valence-corrected chi connectivity index (χ2v) is 10.2. The third-order valence-electron chi connectivity index (χ3n) is 3.91. The predicted molar refractivity (Wildman–Crippen MR) is 122 cm³/mol. The molecule has 174 valence electrons. The van der Waals surface area contributed by atoms with Crippen molar-refractivity contribution < 1.29 is 28.6 Å². The van der Waals surface area contributed by atoms with Gasteiger partial charge in [-0.25, -0.2) is 24.3 Å². The topological polar surface area (TPSA) is 95.0 Å². The Morgan fingerprint density at radius 2 is 1.56 bits per heavy atom. The van der Waals surface area contributed by atoms with Gasteiger partial charge in [0.1, 0.15) is 16.2 Å². The molecule has 2 amide bonds. The van der Waals surface area contributed by atoms with Crippen LogP contribution in [-0.2, 0) is 20.8 Å². The summed E-state index contributed by atoms with van der Waals surface area (Å²) in [4.78, 5) is 43.6. The fourth-order valence-electron chi connectivity index (χ4n) is 2.67. The van der Waals surface area contributed by atoms with E-state index in [4.69, 9.17) is 14.2 Å². The molecule has 0 spiro atoms. The summed E-state index contributed by atoms with van der Waals surface area (Å²) >= 11 is 1.32. The van der Waals surface area contributed by atoms with E-state index in [0.29, 0.717) is 16.3 Å². The highest BCUT2D eigenvalue weighted by Gasteiger charge is 2.32. The van der Waals surface area contributed by atoms with Gasteiger partial charge in [-0.3, -0.25) is 0 Å². The van der Waals surface area contributed by atoms with Gasteiger partial charge in [-0.1, -0.05) is 12.1 Å². The van der Waals surface area contributed by atoms with Crippen LogP contribution in [0, 0.1) is 6.92 Å². The van der Waals surface area contributed by atoms with Gasteiger partial charge < -0.3 is 14.2 Å². The molecule has 1 aromatic heterocycles. The summed E-state index contributed by atoms with van der Waals surface area (Å²) in [7, 11) is 1.33. The van der Waals surface area contributed by atoms with Crippen LogP contribution in [0.15, 0.2) is 24.3 Å². The molecule has 0 fully saturated rings. The number of carbonyl (C=O) groups is 3. The molecule has 9 heteroatoms. The van der Waals surface area contributed by atoms with Crippen LogP contribution < -0.4 is 0 Å². The number of aryl methyl sites for hydroxylation is 1. The SMILES string of the molecule is COC(=O)c1cccc(-c2sc(CN(C(=O)OC(C)(C)C)C(=O)OC(C)(C)C)nc2C)c1. The number of aromatic nitrogens is 1. The van der Waals surface area contributed by atoms with Gasteiger partial charge in [0.05, 0.1) is 29.8 Å². The third-order valence-corrected chi connectivity index (χ3v) is 5.10. The van der Waals surface area contributed by atoms with Gasteiger partial charge in [0.2, 0.25) is 0 Å². The highest BCUT2D eigenvalue weighted by Crippen LogP contribution is 2.32. The summed E-state index contributed by atoms with van der Waals surface area (Å²) < 4.78 is 15.6. The maximum Gasteiger partial charge on any atom is 0.420 e. The summed E-state index contributed by atoms with van der Waals surface area (Å²) in [6.45, 7) is 12.0. The second-order valence-electron chi connectivity index (χ2n) is 9.14. The molecule has 0 radical (unpaired) electrons. The summed E-state index contributed by atoms with van der Waals surface area (Å²) in [5, 5.41) is 0.526. The van der Waals surface area contributed by atoms with Crippen LogP contribution in [0.5, 0.6) is 0 Å². The van der Waals surface area contributed by atoms with Crippen LogP contribution in [0.4, 0.5) is 9.59 Å². The average molecular weight is 463 g/mol. The van der Waals surface area contributed by atoms with E-state index in [1.165, 1.54) is 18.4 Å². The van der Waals surface area contributed by atoms with Crippen molar-refractivity contribution in [2.24, 2.45) is 0 Å². The molecule has 0 saturated heterocycles. The molecule has 0 saturated carbocycles. The van der Waals surface area contributed by atoms with Crippen molar-refractivity contribution in [1.82, 2.24) is 9.88 Å². The first-order valence-electron chi connectivity index (χ1n) is 10.1. The van der Waals surface area contributed by atoms with Gasteiger partial charge in [0, 0.05) is 0 Å². The van der Waals surface area contributed by atoms with Crippen LogP contribution in [0.25, 0.3) is 10.4 Å². The first-order chi connectivity index (χ1) is 14.7. The van der Waals surface area contributed by atoms with Crippen LogP contribution >= 0.6 is 11.3 Å². The van der Waals surface area contributed by atoms with E-state index in [1.807, 2.05) is 13.0 Å². The molecule has 0 N–H and O–H groups in total. The zero-order valence-corrected chi connectivity index (χ0v) is 20.6. The third kappa shape index (κ3) is 7.05. The molecule has 0 bridgehead atoms. The fraction of sp³-hybridized carbons (Fsp3) is 0.478. The van der Waals surface area contributed by atoms with Crippen molar-refractivity contribution in [2.45, 2.75) is 66.2 Å². The van der Waals surface area contributed by atoms with E-state index in [1.54, 1.807) is 59.7 Å². The number of esters is 1. The Morgan fingerprint density at radius 1 is 1.00 bits per heavy atom. The molecule has 0 unspecified atom stereocenters. The first kappa shape index (κ1) is 25.3. The normalized spacial score (nSPS) is 11.6. The molecule has 2 rings (SSSR count). The number of hydrogen-bond donors (Lipinski definition) is 0. The van der Waals surface area contributed by atoms with E-state index >= 15 is 0 Å². The largest absolute Gasteiger partial charge is 0.465 e. The number of carbonyl (C=O) groups excluding carboxylic acids is 3. The van der Waals surface area contributed by atoms with Crippen LogP contribution in [0.3, 0.4) is 0 Å². The van der Waals surface area contributed by atoms with Gasteiger partial charge in [-0.15, -0.1) is 11.3 Å². The Bertz CT molecular complexity index is 973. The number of hydrogen-bond acceptors (Lipinski definition) is 8. The quantitative estimate of drug-likeness (QED) is 0.432. The van der Waals surface area contributed by atoms with Crippen molar-refractivity contribution in [1.29, 1.82) is 0 Å². The number of amides is 2. The van der Waals surface area contributed by atoms with Crippen molar-refractivity contribution in [3.63, 3.8) is 0 Å². The highest BCUT2D eigenvalue weighted by atomic mass is 32.1. The summed E-state index contributed by atoms with van der Waals surface area (Å²) in [6.07, 6.45) is -1.62. The van der Waals surface area contributed by atoms with Crippen LogP contribution in [0.1, 0.15) is 62.6 Å². The summed E-state index contributed by atoms with van der Waals surface area (Å²) in [6, 6.07) is 7.00. The molecule has 2 aromatic rings. The molecular formula is C23H30N2O6S. The predicted octanol–water partition coefficient (Wildman–Crippen LogP) is 5.58. The highest BCUT2D eigenvalue weighted by molar-refractivity contribution is 7.15. The van der Waals surface area contributed by atoms with Crippen LogP contribution in [-0.4, -0.2) is 46.4 Å². The second kappa shape index (κ2) is 9.68. The van der Waals surface area contributed by atoms with Crippen molar-refractivity contribution in [3.8, 4) is 10.4 Å².